The van der Waals surface area contributed by atoms with Gasteiger partial charge in [-0.05, 0) is 138 Å². The molecule has 0 radical (unpaired) electrons. The number of hydrogen-bond acceptors (Lipinski definition) is 0. The maximum atomic E-state index is 2.58. The fourth-order valence-electron chi connectivity index (χ4n) is 12.3. The van der Waals surface area contributed by atoms with Gasteiger partial charge < -0.3 is 0 Å². The van der Waals surface area contributed by atoms with Gasteiger partial charge in [-0.2, -0.15) is 0 Å². The monoisotopic (exact) mass is 964 g/mol. The molecule has 12 aromatic carbocycles. The van der Waals surface area contributed by atoms with Crippen LogP contribution in [-0.4, -0.2) is 0 Å². The van der Waals surface area contributed by atoms with Gasteiger partial charge in [-0.25, -0.2) is 0 Å². The van der Waals surface area contributed by atoms with E-state index >= 15 is 0 Å². The van der Waals surface area contributed by atoms with Gasteiger partial charge in [-0.15, -0.1) is 0 Å². The van der Waals surface area contributed by atoms with Gasteiger partial charge in [0.15, 0.2) is 0 Å². The van der Waals surface area contributed by atoms with Crippen LogP contribution in [0.1, 0.15) is 16.7 Å². The van der Waals surface area contributed by atoms with Crippen molar-refractivity contribution in [3.8, 4) is 66.8 Å². The molecule has 2 aliphatic rings. The van der Waals surface area contributed by atoms with Crippen LogP contribution < -0.4 is 10.4 Å². The first-order chi connectivity index (χ1) is 37.7. The van der Waals surface area contributed by atoms with E-state index in [4.69, 9.17) is 0 Å². The quantitative estimate of drug-likeness (QED) is 0.126. The largest absolute Gasteiger partial charge is 0.0754 e. The molecule has 0 bridgehead atoms. The Hall–Kier alpha value is -9.62. The topological polar surface area (TPSA) is 0 Å². The summed E-state index contributed by atoms with van der Waals surface area (Å²) < 4.78 is 0. The van der Waals surface area contributed by atoms with Crippen LogP contribution in [-0.2, 0) is 0 Å². The lowest BCUT2D eigenvalue weighted by Gasteiger charge is -2.35. The molecule has 2 aliphatic carbocycles. The van der Waals surface area contributed by atoms with Crippen molar-refractivity contribution in [2.75, 3.05) is 0 Å². The normalized spacial score (nSPS) is 14.8. The lowest BCUT2D eigenvalue weighted by atomic mass is 9.68. The molecule has 0 heterocycles. The van der Waals surface area contributed by atoms with Crippen molar-refractivity contribution in [3.05, 3.63) is 330 Å². The highest BCUT2D eigenvalue weighted by Crippen LogP contribution is 2.48. The van der Waals surface area contributed by atoms with E-state index in [-0.39, 0.29) is 11.8 Å². The van der Waals surface area contributed by atoms with Crippen LogP contribution in [0, 0.1) is 11.8 Å². The number of allylic oxidation sites excluding steroid dienone is 4. The maximum Gasteiger partial charge on any atom is 0.0143 e. The van der Waals surface area contributed by atoms with Crippen molar-refractivity contribution in [1.82, 2.24) is 0 Å². The summed E-state index contributed by atoms with van der Waals surface area (Å²) >= 11 is 0. The lowest BCUT2D eigenvalue weighted by Crippen LogP contribution is -2.40. The summed E-state index contributed by atoms with van der Waals surface area (Å²) in [6, 6.07) is 105. The molecule has 0 aliphatic heterocycles. The van der Waals surface area contributed by atoms with E-state index in [2.05, 4.69) is 303 Å². The summed E-state index contributed by atoms with van der Waals surface area (Å²) in [4.78, 5) is 0. The number of rotatable bonds is 9. The van der Waals surface area contributed by atoms with E-state index in [9.17, 15) is 0 Å². The van der Waals surface area contributed by atoms with Crippen molar-refractivity contribution in [1.29, 1.82) is 0 Å². The second-order valence-corrected chi connectivity index (χ2v) is 20.2. The molecule has 2 unspecified atom stereocenters. The SMILES string of the molecule is C1=CC2C(c3ccc(-c4ccccc4)cc3)=c3ccccc3=C(c3ccc(-c4ccccc4)cc3)C2C=C1c1ccc2c(-c3ccc(-c4ccccc4)cc3)c3ccccc3c(-c3ccc(-c4ccccc4)cc3)c2c1. The smallest absolute Gasteiger partial charge is 0.0143 e. The Morgan fingerprint density at radius 2 is 0.513 bits per heavy atom. The van der Waals surface area contributed by atoms with E-state index in [0.29, 0.717) is 0 Å². The molecule has 0 N–H and O–H groups in total. The molecule has 76 heavy (non-hydrogen) atoms. The van der Waals surface area contributed by atoms with Crippen LogP contribution in [0.5, 0.6) is 0 Å². The first-order valence-corrected chi connectivity index (χ1v) is 26.6. The minimum Gasteiger partial charge on any atom is -0.0754 e. The minimum atomic E-state index is 0.0669. The maximum absolute atomic E-state index is 2.58. The molecule has 0 amide bonds. The predicted molar refractivity (Wildman–Crippen MR) is 322 cm³/mol. The minimum absolute atomic E-state index is 0.0669. The molecule has 12 aromatic rings. The van der Waals surface area contributed by atoms with Crippen molar-refractivity contribution in [3.63, 3.8) is 0 Å². The van der Waals surface area contributed by atoms with E-state index in [0.717, 1.165) is 0 Å². The predicted octanol–water partition coefficient (Wildman–Crippen LogP) is 18.3. The average Bonchev–Trinajstić information content (AvgIpc) is 3.63. The summed E-state index contributed by atoms with van der Waals surface area (Å²) in [5, 5.41) is 7.55. The van der Waals surface area contributed by atoms with Crippen molar-refractivity contribution >= 4 is 38.3 Å². The molecule has 0 nitrogen and oxygen atoms in total. The molecule has 0 saturated carbocycles. The zero-order chi connectivity index (χ0) is 50.4. The molecular weight excluding hydrogens is 913 g/mol. The molecular formula is C76H52. The van der Waals surface area contributed by atoms with Crippen molar-refractivity contribution < 1.29 is 0 Å². The lowest BCUT2D eigenvalue weighted by molar-refractivity contribution is 0.689. The third kappa shape index (κ3) is 8.13. The van der Waals surface area contributed by atoms with E-state index in [1.54, 1.807) is 0 Å². The van der Waals surface area contributed by atoms with Gasteiger partial charge in [0.2, 0.25) is 0 Å². The zero-order valence-corrected chi connectivity index (χ0v) is 42.0. The third-order valence-electron chi connectivity index (χ3n) is 15.9. The molecule has 0 spiro atoms. The molecule has 0 saturated heterocycles. The highest BCUT2D eigenvalue weighted by Gasteiger charge is 2.33. The molecule has 14 rings (SSSR count). The highest BCUT2D eigenvalue weighted by atomic mass is 14.4. The second kappa shape index (κ2) is 19.3. The zero-order valence-electron chi connectivity index (χ0n) is 42.0. The Balaban J connectivity index is 0.958. The van der Waals surface area contributed by atoms with Gasteiger partial charge >= 0.3 is 0 Å². The first kappa shape index (κ1) is 45.0. The van der Waals surface area contributed by atoms with Crippen LogP contribution in [0.15, 0.2) is 303 Å². The summed E-state index contributed by atoms with van der Waals surface area (Å²) in [5.74, 6) is 0.177. The average molecular weight is 965 g/mol. The van der Waals surface area contributed by atoms with Crippen LogP contribution >= 0.6 is 0 Å². The molecule has 356 valence electrons. The fourth-order valence-corrected chi connectivity index (χ4v) is 12.3. The first-order valence-electron chi connectivity index (χ1n) is 26.6. The van der Waals surface area contributed by atoms with Crippen LogP contribution in [0.3, 0.4) is 0 Å². The van der Waals surface area contributed by atoms with Gasteiger partial charge in [-0.1, -0.05) is 297 Å². The Bertz CT molecular complexity index is 4300. The Labute approximate surface area is 444 Å². The van der Waals surface area contributed by atoms with E-state index < -0.39 is 0 Å². The van der Waals surface area contributed by atoms with Gasteiger partial charge in [0, 0.05) is 11.8 Å². The van der Waals surface area contributed by atoms with Gasteiger partial charge in [0.1, 0.15) is 0 Å². The molecule has 0 aromatic heterocycles. The number of hydrogen-bond donors (Lipinski definition) is 0. The standard InChI is InChI=1S/C76H52/c1-5-17-51(18-6-1)55-29-37-59(38-30-55)73-65-25-13-15-27-67(65)75(61-41-33-57(34-42-61)53-21-9-3-10-22-53)71-49-63(45-47-69(71)73)64-46-48-70-72(50-64)76(62-43-35-58(36-44-62)54-23-11-4-12-24-54)68-28-16-14-26-66(68)74(70)60-39-31-56(32-40-60)52-19-7-2-8-20-52/h1-50,69,71H. The van der Waals surface area contributed by atoms with Crippen molar-refractivity contribution in [2.45, 2.75) is 0 Å². The number of benzene rings is 12. The highest BCUT2D eigenvalue weighted by molar-refractivity contribution is 6.22. The Kier molecular flexibility index (Phi) is 11.5. The van der Waals surface area contributed by atoms with Gasteiger partial charge in [-0.3, -0.25) is 0 Å². The van der Waals surface area contributed by atoms with Gasteiger partial charge in [0.05, 0.1) is 0 Å². The second-order valence-electron chi connectivity index (χ2n) is 20.2. The molecule has 0 heteroatoms. The summed E-state index contributed by atoms with van der Waals surface area (Å²) in [6.45, 7) is 0. The molecule has 0 fully saturated rings. The van der Waals surface area contributed by atoms with Crippen LogP contribution in [0.2, 0.25) is 0 Å². The van der Waals surface area contributed by atoms with Crippen molar-refractivity contribution in [2.24, 2.45) is 11.8 Å². The summed E-state index contributed by atoms with van der Waals surface area (Å²) in [6.07, 6.45) is 7.49. The van der Waals surface area contributed by atoms with E-state index in [1.165, 1.54) is 132 Å². The Morgan fingerprint density at radius 3 is 0.934 bits per heavy atom. The van der Waals surface area contributed by atoms with Crippen LogP contribution in [0.25, 0.3) is 105 Å². The van der Waals surface area contributed by atoms with E-state index in [1.807, 2.05) is 0 Å². The number of fused-ring (bicyclic) bond motifs is 4. The van der Waals surface area contributed by atoms with Gasteiger partial charge in [0.25, 0.3) is 0 Å². The Morgan fingerprint density at radius 1 is 0.211 bits per heavy atom. The summed E-state index contributed by atoms with van der Waals surface area (Å²) in [7, 11) is 0. The molecule has 2 atom stereocenters. The summed E-state index contributed by atoms with van der Waals surface area (Å²) in [5.41, 5.74) is 22.3. The third-order valence-corrected chi connectivity index (χ3v) is 15.9. The fraction of sp³-hybridized carbons (Fsp3) is 0.0263. The van der Waals surface area contributed by atoms with Crippen LogP contribution in [0.4, 0.5) is 0 Å².